The highest BCUT2D eigenvalue weighted by molar-refractivity contribution is 8.15. The number of hydrogen-bond donors (Lipinski definition) is 2. The Morgan fingerprint density at radius 1 is 1.07 bits per heavy atom. The van der Waals surface area contributed by atoms with Crippen molar-refractivity contribution in [1.29, 1.82) is 0 Å². The zero-order valence-electron chi connectivity index (χ0n) is 14.9. The Bertz CT molecular complexity index is 791. The molecular formula is C20H21NO5S. The van der Waals surface area contributed by atoms with Crippen LogP contribution in [0.2, 0.25) is 0 Å². The standard InChI is InChI=1S/C20H21NO5S/c1-25-16-8-4-14(5-9-16)15(11-22)12-26-17-6-2-13(3-7-17)10-18-19(23)21-20(24)27-18/h2-9,15,18,22H,10-12H2,1H3,(H,21,23,24). The zero-order chi connectivity index (χ0) is 19.2. The van der Waals surface area contributed by atoms with E-state index in [0.29, 0.717) is 18.8 Å². The van der Waals surface area contributed by atoms with Crippen LogP contribution in [-0.2, 0) is 11.2 Å². The number of thioether (sulfide) groups is 1. The van der Waals surface area contributed by atoms with Crippen LogP contribution in [0, 0.1) is 0 Å². The summed E-state index contributed by atoms with van der Waals surface area (Å²) in [4.78, 5) is 22.9. The molecule has 0 spiro atoms. The summed E-state index contributed by atoms with van der Waals surface area (Å²) in [7, 11) is 1.61. The first-order valence-corrected chi connectivity index (χ1v) is 9.45. The molecule has 1 fully saturated rings. The van der Waals surface area contributed by atoms with Crippen LogP contribution >= 0.6 is 11.8 Å². The SMILES string of the molecule is COc1ccc(C(CO)COc2ccc(CC3SC(=O)NC3=O)cc2)cc1. The minimum absolute atomic E-state index is 0.0214. The summed E-state index contributed by atoms with van der Waals surface area (Å²) in [6, 6.07) is 15.0. The molecule has 0 bridgehead atoms. The van der Waals surface area contributed by atoms with Crippen LogP contribution in [0.3, 0.4) is 0 Å². The van der Waals surface area contributed by atoms with Gasteiger partial charge in [0, 0.05) is 5.92 Å². The maximum absolute atomic E-state index is 11.6. The zero-order valence-corrected chi connectivity index (χ0v) is 15.7. The van der Waals surface area contributed by atoms with E-state index >= 15 is 0 Å². The fraction of sp³-hybridized carbons (Fsp3) is 0.300. The molecule has 0 radical (unpaired) electrons. The topological polar surface area (TPSA) is 84.9 Å². The largest absolute Gasteiger partial charge is 0.497 e. The Kier molecular flexibility index (Phi) is 6.36. The van der Waals surface area contributed by atoms with Gasteiger partial charge in [-0.05, 0) is 41.8 Å². The molecule has 2 aromatic carbocycles. The van der Waals surface area contributed by atoms with Crippen LogP contribution in [0.15, 0.2) is 48.5 Å². The molecule has 1 saturated heterocycles. The van der Waals surface area contributed by atoms with Gasteiger partial charge >= 0.3 is 0 Å². The minimum atomic E-state index is -0.377. The van der Waals surface area contributed by atoms with E-state index < -0.39 is 0 Å². The fourth-order valence-corrected chi connectivity index (χ4v) is 3.65. The summed E-state index contributed by atoms with van der Waals surface area (Å²) in [6.45, 7) is 0.323. The Balaban J connectivity index is 1.55. The predicted octanol–water partition coefficient (Wildman–Crippen LogP) is 2.74. The highest BCUT2D eigenvalue weighted by Gasteiger charge is 2.31. The van der Waals surface area contributed by atoms with E-state index in [1.807, 2.05) is 48.5 Å². The predicted molar refractivity (Wildman–Crippen MR) is 103 cm³/mol. The summed E-state index contributed by atoms with van der Waals surface area (Å²) in [5.74, 6) is 1.07. The average molecular weight is 387 g/mol. The fourth-order valence-electron chi connectivity index (χ4n) is 2.79. The van der Waals surface area contributed by atoms with Gasteiger partial charge in [0.1, 0.15) is 11.5 Å². The van der Waals surface area contributed by atoms with Crippen molar-refractivity contribution in [3.8, 4) is 11.5 Å². The molecule has 2 amide bonds. The average Bonchev–Trinajstić information content (AvgIpc) is 3.01. The highest BCUT2D eigenvalue weighted by atomic mass is 32.2. The summed E-state index contributed by atoms with van der Waals surface area (Å²) >= 11 is 1.02. The van der Waals surface area contributed by atoms with E-state index in [1.54, 1.807) is 7.11 Å². The normalized spacial score (nSPS) is 17.5. The quantitative estimate of drug-likeness (QED) is 0.725. The third-order valence-corrected chi connectivity index (χ3v) is 5.35. The van der Waals surface area contributed by atoms with E-state index in [-0.39, 0.29) is 28.9 Å². The van der Waals surface area contributed by atoms with Gasteiger partial charge in [0.25, 0.3) is 5.24 Å². The van der Waals surface area contributed by atoms with Crippen molar-refractivity contribution < 1.29 is 24.2 Å². The number of rotatable bonds is 8. The number of nitrogens with one attached hydrogen (secondary N) is 1. The third kappa shape index (κ3) is 5.02. The second-order valence-corrected chi connectivity index (χ2v) is 7.37. The molecule has 1 heterocycles. The molecule has 1 aliphatic heterocycles. The lowest BCUT2D eigenvalue weighted by atomic mass is 10.0. The number of aliphatic hydroxyl groups is 1. The van der Waals surface area contributed by atoms with E-state index in [0.717, 1.165) is 28.6 Å². The van der Waals surface area contributed by atoms with Crippen molar-refractivity contribution in [3.63, 3.8) is 0 Å². The van der Waals surface area contributed by atoms with Gasteiger partial charge in [-0.3, -0.25) is 14.9 Å². The van der Waals surface area contributed by atoms with Crippen LogP contribution in [0.1, 0.15) is 17.0 Å². The van der Waals surface area contributed by atoms with Crippen molar-refractivity contribution in [1.82, 2.24) is 5.32 Å². The summed E-state index contributed by atoms with van der Waals surface area (Å²) < 4.78 is 10.9. The van der Waals surface area contributed by atoms with E-state index in [4.69, 9.17) is 9.47 Å². The van der Waals surface area contributed by atoms with Crippen molar-refractivity contribution in [2.45, 2.75) is 17.6 Å². The van der Waals surface area contributed by atoms with Gasteiger partial charge in [-0.2, -0.15) is 0 Å². The molecule has 2 aromatic rings. The summed E-state index contributed by atoms with van der Waals surface area (Å²) in [5.41, 5.74) is 1.93. The Morgan fingerprint density at radius 3 is 2.30 bits per heavy atom. The molecule has 6 nitrogen and oxygen atoms in total. The van der Waals surface area contributed by atoms with Crippen LogP contribution in [-0.4, -0.2) is 41.8 Å². The first-order valence-electron chi connectivity index (χ1n) is 8.57. The van der Waals surface area contributed by atoms with Crippen LogP contribution in [0.25, 0.3) is 0 Å². The second kappa shape index (κ2) is 8.92. The summed E-state index contributed by atoms with van der Waals surface area (Å²) in [5, 5.41) is 11.3. The maximum Gasteiger partial charge on any atom is 0.286 e. The number of methoxy groups -OCH3 is 1. The Hall–Kier alpha value is -2.51. The van der Waals surface area contributed by atoms with Gasteiger partial charge in [-0.15, -0.1) is 0 Å². The smallest absolute Gasteiger partial charge is 0.286 e. The number of benzene rings is 2. The number of imide groups is 1. The molecule has 0 aromatic heterocycles. The van der Waals surface area contributed by atoms with E-state index in [2.05, 4.69) is 5.32 Å². The number of amides is 2. The van der Waals surface area contributed by atoms with E-state index in [9.17, 15) is 14.7 Å². The maximum atomic E-state index is 11.6. The van der Waals surface area contributed by atoms with Gasteiger partial charge in [0.2, 0.25) is 5.91 Å². The molecule has 3 rings (SSSR count). The first-order chi connectivity index (χ1) is 13.1. The van der Waals surface area contributed by atoms with Crippen molar-refractivity contribution >= 4 is 22.9 Å². The van der Waals surface area contributed by atoms with E-state index in [1.165, 1.54) is 0 Å². The van der Waals surface area contributed by atoms with Crippen LogP contribution < -0.4 is 14.8 Å². The molecule has 2 N–H and O–H groups in total. The summed E-state index contributed by atoms with van der Waals surface area (Å²) in [6.07, 6.45) is 0.494. The molecule has 142 valence electrons. The number of carbonyl (C=O) groups is 2. The number of hydrogen-bond acceptors (Lipinski definition) is 6. The number of ether oxygens (including phenoxy) is 2. The second-order valence-electron chi connectivity index (χ2n) is 6.19. The van der Waals surface area contributed by atoms with Crippen molar-refractivity contribution in [2.75, 3.05) is 20.3 Å². The molecule has 2 atom stereocenters. The van der Waals surface area contributed by atoms with Gasteiger partial charge in [-0.25, -0.2) is 0 Å². The Morgan fingerprint density at radius 2 is 1.74 bits per heavy atom. The lowest BCUT2D eigenvalue weighted by Crippen LogP contribution is -2.25. The van der Waals surface area contributed by atoms with Crippen molar-refractivity contribution in [3.05, 3.63) is 59.7 Å². The minimum Gasteiger partial charge on any atom is -0.497 e. The van der Waals surface area contributed by atoms with Gasteiger partial charge in [-0.1, -0.05) is 36.0 Å². The number of aliphatic hydroxyl groups excluding tert-OH is 1. The van der Waals surface area contributed by atoms with Crippen LogP contribution in [0.5, 0.6) is 11.5 Å². The highest BCUT2D eigenvalue weighted by Crippen LogP contribution is 2.25. The molecule has 1 aliphatic rings. The van der Waals surface area contributed by atoms with Gasteiger partial charge in [0.15, 0.2) is 0 Å². The lowest BCUT2D eigenvalue weighted by molar-refractivity contribution is -0.118. The van der Waals surface area contributed by atoms with Gasteiger partial charge < -0.3 is 14.6 Å². The molecular weight excluding hydrogens is 366 g/mol. The first kappa shape index (κ1) is 19.3. The lowest BCUT2D eigenvalue weighted by Gasteiger charge is -2.16. The van der Waals surface area contributed by atoms with Crippen LogP contribution in [0.4, 0.5) is 4.79 Å². The van der Waals surface area contributed by atoms with Gasteiger partial charge in [0.05, 0.1) is 25.6 Å². The molecule has 27 heavy (non-hydrogen) atoms. The Labute approximate surface area is 161 Å². The third-order valence-electron chi connectivity index (χ3n) is 4.37. The molecule has 0 aliphatic carbocycles. The molecule has 0 saturated carbocycles. The monoisotopic (exact) mass is 387 g/mol. The number of carbonyl (C=O) groups excluding carboxylic acids is 2. The molecule has 2 unspecified atom stereocenters. The molecule has 7 heteroatoms. The van der Waals surface area contributed by atoms with Crippen molar-refractivity contribution in [2.24, 2.45) is 0 Å².